The van der Waals surface area contributed by atoms with Crippen molar-refractivity contribution in [1.29, 1.82) is 0 Å². The lowest BCUT2D eigenvalue weighted by Crippen LogP contribution is -2.37. The number of imide groups is 1. The lowest BCUT2D eigenvalue weighted by molar-refractivity contribution is -0.147. The summed E-state index contributed by atoms with van der Waals surface area (Å²) < 4.78 is 15.9. The molecule has 12 heteroatoms. The van der Waals surface area contributed by atoms with Crippen LogP contribution in [-0.4, -0.2) is 55.2 Å². The van der Waals surface area contributed by atoms with Crippen LogP contribution in [0.1, 0.15) is 32.4 Å². The van der Waals surface area contributed by atoms with Gasteiger partial charge in [0.05, 0.1) is 25.3 Å². The van der Waals surface area contributed by atoms with Crippen LogP contribution in [0.15, 0.2) is 23.6 Å². The number of carbonyl (C=O) groups excluding carboxylic acids is 4. The number of aromatic nitrogens is 1. The molecule has 0 atom stereocenters. The Morgan fingerprint density at radius 1 is 1.15 bits per heavy atom. The Morgan fingerprint density at radius 2 is 1.91 bits per heavy atom. The third-order valence-electron chi connectivity index (χ3n) is 4.59. The molecule has 0 spiro atoms. The van der Waals surface area contributed by atoms with Crippen molar-refractivity contribution in [2.24, 2.45) is 0 Å². The first-order valence-electron chi connectivity index (χ1n) is 10.8. The van der Waals surface area contributed by atoms with Gasteiger partial charge in [0.15, 0.2) is 23.2 Å². The van der Waals surface area contributed by atoms with Crippen molar-refractivity contribution in [2.75, 3.05) is 36.6 Å². The normalized spacial score (nSPS) is 12.9. The van der Waals surface area contributed by atoms with Gasteiger partial charge in [-0.15, -0.1) is 11.3 Å². The molecule has 1 aromatic carbocycles. The van der Waals surface area contributed by atoms with Gasteiger partial charge in [0.25, 0.3) is 5.91 Å². The third-order valence-corrected chi connectivity index (χ3v) is 5.50. The van der Waals surface area contributed by atoms with E-state index < -0.39 is 24.5 Å². The van der Waals surface area contributed by atoms with Crippen molar-refractivity contribution in [1.82, 2.24) is 10.3 Å². The van der Waals surface area contributed by atoms with E-state index in [2.05, 4.69) is 15.6 Å². The number of rotatable bonds is 10. The zero-order chi connectivity index (χ0) is 24.5. The van der Waals surface area contributed by atoms with Crippen LogP contribution in [0.2, 0.25) is 0 Å². The van der Waals surface area contributed by atoms with Crippen LogP contribution in [0.5, 0.6) is 11.5 Å². The number of nitrogens with one attached hydrogen (secondary N) is 2. The molecule has 1 saturated heterocycles. The molecule has 0 bridgehead atoms. The van der Waals surface area contributed by atoms with Gasteiger partial charge in [-0.25, -0.2) is 9.78 Å². The van der Waals surface area contributed by atoms with E-state index in [1.54, 1.807) is 28.5 Å². The lowest BCUT2D eigenvalue weighted by Gasteiger charge is -2.13. The van der Waals surface area contributed by atoms with E-state index in [0.29, 0.717) is 54.2 Å². The van der Waals surface area contributed by atoms with Crippen LogP contribution < -0.4 is 25.0 Å². The Balaban J connectivity index is 1.43. The fourth-order valence-corrected chi connectivity index (χ4v) is 4.02. The molecular formula is C22H26N4O7S. The molecule has 0 saturated carbocycles. The second-order valence-electron chi connectivity index (χ2n) is 7.14. The topological polar surface area (TPSA) is 136 Å². The van der Waals surface area contributed by atoms with Crippen molar-refractivity contribution < 1.29 is 33.4 Å². The first-order valence-corrected chi connectivity index (χ1v) is 11.7. The van der Waals surface area contributed by atoms with Gasteiger partial charge >= 0.3 is 12.0 Å². The standard InChI is InChI=1S/C22H26N4O7S/c1-3-31-16-8-7-14(10-17(16)32-4-2)23-21(30)25-18(27)12-33-20(29)11-15-13-34-22(24-15)26-9-5-6-19(26)28/h7-8,10,13H,3-6,9,11-12H2,1-2H3,(H2,23,25,27,30). The Labute approximate surface area is 200 Å². The number of carbonyl (C=O) groups is 4. The van der Waals surface area contributed by atoms with E-state index in [-0.39, 0.29) is 12.3 Å². The highest BCUT2D eigenvalue weighted by atomic mass is 32.1. The molecule has 34 heavy (non-hydrogen) atoms. The number of thiazole rings is 1. The second-order valence-corrected chi connectivity index (χ2v) is 7.97. The maximum Gasteiger partial charge on any atom is 0.325 e. The Bertz CT molecular complexity index is 1060. The van der Waals surface area contributed by atoms with E-state index in [1.165, 1.54) is 11.3 Å². The summed E-state index contributed by atoms with van der Waals surface area (Å²) in [6, 6.07) is 4.05. The molecule has 4 amide bonds. The van der Waals surface area contributed by atoms with Crippen LogP contribution >= 0.6 is 11.3 Å². The van der Waals surface area contributed by atoms with E-state index >= 15 is 0 Å². The monoisotopic (exact) mass is 490 g/mol. The highest BCUT2D eigenvalue weighted by Gasteiger charge is 2.24. The summed E-state index contributed by atoms with van der Waals surface area (Å²) in [6.45, 7) is 4.53. The van der Waals surface area contributed by atoms with Gasteiger partial charge in [-0.05, 0) is 32.4 Å². The first kappa shape index (κ1) is 25.0. The SMILES string of the molecule is CCOc1ccc(NC(=O)NC(=O)COC(=O)Cc2csc(N3CCCC3=O)n2)cc1OCC. The lowest BCUT2D eigenvalue weighted by atomic mass is 10.2. The number of benzene rings is 1. The fourth-order valence-electron chi connectivity index (χ4n) is 3.15. The second kappa shape index (κ2) is 12.0. The molecule has 0 aliphatic carbocycles. The largest absolute Gasteiger partial charge is 0.490 e. The van der Waals surface area contributed by atoms with Crippen molar-refractivity contribution in [2.45, 2.75) is 33.1 Å². The third kappa shape index (κ3) is 6.91. The molecule has 0 unspecified atom stereocenters. The predicted molar refractivity (Wildman–Crippen MR) is 124 cm³/mol. The van der Waals surface area contributed by atoms with Gasteiger partial charge < -0.3 is 19.5 Å². The van der Waals surface area contributed by atoms with Gasteiger partial charge in [0.2, 0.25) is 5.91 Å². The summed E-state index contributed by atoms with van der Waals surface area (Å²) in [4.78, 5) is 53.8. The Morgan fingerprint density at radius 3 is 2.62 bits per heavy atom. The summed E-state index contributed by atoms with van der Waals surface area (Å²) >= 11 is 1.27. The van der Waals surface area contributed by atoms with E-state index in [9.17, 15) is 19.2 Å². The molecule has 182 valence electrons. The molecule has 11 nitrogen and oxygen atoms in total. The maximum absolute atomic E-state index is 12.1. The number of esters is 1. The zero-order valence-corrected chi connectivity index (χ0v) is 19.7. The molecule has 0 radical (unpaired) electrons. The van der Waals surface area contributed by atoms with Crippen LogP contribution in [-0.2, 0) is 25.5 Å². The average Bonchev–Trinajstić information content (AvgIpc) is 3.43. The van der Waals surface area contributed by atoms with Gasteiger partial charge in [-0.2, -0.15) is 0 Å². The smallest absolute Gasteiger partial charge is 0.325 e. The molecule has 1 fully saturated rings. The first-order chi connectivity index (χ1) is 16.4. The fraction of sp³-hybridized carbons (Fsp3) is 0.409. The minimum absolute atomic E-state index is 0.0118. The van der Waals surface area contributed by atoms with Crippen molar-refractivity contribution in [3.05, 3.63) is 29.3 Å². The minimum Gasteiger partial charge on any atom is -0.490 e. The Hall–Kier alpha value is -3.67. The molecule has 1 aliphatic rings. The summed E-state index contributed by atoms with van der Waals surface area (Å²) in [5.74, 6) is -0.450. The van der Waals surface area contributed by atoms with E-state index in [1.807, 2.05) is 13.8 Å². The van der Waals surface area contributed by atoms with E-state index in [0.717, 1.165) is 6.42 Å². The number of urea groups is 1. The van der Waals surface area contributed by atoms with Crippen molar-refractivity contribution in [3.63, 3.8) is 0 Å². The number of anilines is 2. The number of hydrogen-bond donors (Lipinski definition) is 2. The predicted octanol–water partition coefficient (Wildman–Crippen LogP) is 2.50. The van der Waals surface area contributed by atoms with Gasteiger partial charge in [0, 0.05) is 30.1 Å². The summed E-state index contributed by atoms with van der Waals surface area (Å²) in [6.07, 6.45) is 1.13. The van der Waals surface area contributed by atoms with Gasteiger partial charge in [-0.3, -0.25) is 24.6 Å². The number of ether oxygens (including phenoxy) is 3. The molecular weight excluding hydrogens is 464 g/mol. The highest BCUT2D eigenvalue weighted by Crippen LogP contribution is 2.30. The minimum atomic E-state index is -0.788. The van der Waals surface area contributed by atoms with E-state index in [4.69, 9.17) is 14.2 Å². The summed E-state index contributed by atoms with van der Waals surface area (Å²) in [5.41, 5.74) is 0.841. The molecule has 2 heterocycles. The van der Waals surface area contributed by atoms with Crippen molar-refractivity contribution in [3.8, 4) is 11.5 Å². The summed E-state index contributed by atoms with van der Waals surface area (Å²) in [5, 5.41) is 6.82. The van der Waals surface area contributed by atoms with Crippen LogP contribution in [0.3, 0.4) is 0 Å². The number of hydrogen-bond acceptors (Lipinski definition) is 9. The number of amides is 4. The zero-order valence-electron chi connectivity index (χ0n) is 18.9. The number of nitrogens with zero attached hydrogens (tertiary/aromatic N) is 2. The molecule has 2 aromatic rings. The van der Waals surface area contributed by atoms with Crippen LogP contribution in [0.25, 0.3) is 0 Å². The maximum atomic E-state index is 12.1. The summed E-state index contributed by atoms with van der Waals surface area (Å²) in [7, 11) is 0. The molecule has 3 rings (SSSR count). The quantitative estimate of drug-likeness (QED) is 0.485. The average molecular weight is 491 g/mol. The molecule has 2 N–H and O–H groups in total. The van der Waals surface area contributed by atoms with Crippen LogP contribution in [0, 0.1) is 0 Å². The highest BCUT2D eigenvalue weighted by molar-refractivity contribution is 7.14. The van der Waals surface area contributed by atoms with Gasteiger partial charge in [-0.1, -0.05) is 0 Å². The molecule has 1 aliphatic heterocycles. The van der Waals surface area contributed by atoms with Crippen LogP contribution in [0.4, 0.5) is 15.6 Å². The Kier molecular flexibility index (Phi) is 8.79. The molecule has 1 aromatic heterocycles. The van der Waals surface area contributed by atoms with Crippen molar-refractivity contribution >= 4 is 46.0 Å². The van der Waals surface area contributed by atoms with Gasteiger partial charge in [0.1, 0.15) is 0 Å².